The number of hydrogen-bond donors (Lipinski definition) is 6. The van der Waals surface area contributed by atoms with Gasteiger partial charge in [0.2, 0.25) is 5.91 Å². The number of ether oxygens (including phenoxy) is 2. The molecule has 1 aliphatic heterocycles. The minimum absolute atomic E-state index is 0.131. The van der Waals surface area contributed by atoms with Gasteiger partial charge in [-0.1, -0.05) is 277 Å². The Morgan fingerprint density at radius 1 is 0.462 bits per heavy atom. The summed E-state index contributed by atoms with van der Waals surface area (Å²) in [4.78, 5) is 13.1. The number of rotatable bonds is 50. The Hall–Kier alpha value is -0.810. The molecule has 6 N–H and O–H groups in total. The van der Waals surface area contributed by atoms with Crippen LogP contribution < -0.4 is 5.32 Å². The Morgan fingerprint density at radius 2 is 0.769 bits per heavy atom. The van der Waals surface area contributed by atoms with Gasteiger partial charge in [-0.15, -0.1) is 0 Å². The van der Waals surface area contributed by atoms with Crippen molar-refractivity contribution in [1.82, 2.24) is 5.32 Å². The Kier molecular flexibility index (Phi) is 44.9. The van der Waals surface area contributed by atoms with Crippen molar-refractivity contribution in [3.63, 3.8) is 0 Å². The molecule has 0 aromatic carbocycles. The second-order valence-electron chi connectivity index (χ2n) is 20.5. The first-order chi connectivity index (χ1) is 31.8. The van der Waals surface area contributed by atoms with Gasteiger partial charge in [0.05, 0.1) is 25.4 Å². The first-order valence-electron chi connectivity index (χ1n) is 28.7. The summed E-state index contributed by atoms with van der Waals surface area (Å²) in [6, 6.07) is -0.713. The van der Waals surface area contributed by atoms with Gasteiger partial charge in [-0.2, -0.15) is 0 Å². The molecule has 1 aliphatic rings. The number of amides is 1. The molecular formula is C56H111NO8. The van der Waals surface area contributed by atoms with Crippen LogP contribution in [0.3, 0.4) is 0 Å². The molecule has 1 fully saturated rings. The smallest absolute Gasteiger partial charge is 0.220 e. The third kappa shape index (κ3) is 36.8. The van der Waals surface area contributed by atoms with Crippen LogP contribution >= 0.6 is 0 Å². The summed E-state index contributed by atoms with van der Waals surface area (Å²) in [5.74, 6) is -0.137. The zero-order chi connectivity index (χ0) is 47.3. The number of carbonyl (C=O) groups excluding carboxylic acids is 1. The summed E-state index contributed by atoms with van der Waals surface area (Å²) < 4.78 is 11.3. The summed E-state index contributed by atoms with van der Waals surface area (Å²) in [7, 11) is 0. The van der Waals surface area contributed by atoms with Crippen LogP contribution in [0.1, 0.15) is 296 Å². The highest BCUT2D eigenvalue weighted by Crippen LogP contribution is 2.23. The standard InChI is InChI=1S/C56H111NO8/c1-3-5-7-9-11-13-15-17-19-21-23-24-25-26-27-28-29-31-33-35-37-39-41-43-45-50(59)49(48-64-56-55(63)54(62)53(61)51(47-58)65-56)57-52(60)46-44-42-40-38-36-34-32-30-22-20-18-16-14-12-10-8-6-4-2/h49-51,53-56,58-59,61-63H,3-48H2,1-2H3,(H,57,60). The molecule has 0 aromatic rings. The average molecular weight is 927 g/mol. The van der Waals surface area contributed by atoms with E-state index in [-0.39, 0.29) is 12.5 Å². The van der Waals surface area contributed by atoms with Crippen LogP contribution in [0.4, 0.5) is 0 Å². The molecule has 1 saturated heterocycles. The van der Waals surface area contributed by atoms with Crippen LogP contribution in [-0.4, -0.2) is 87.5 Å². The van der Waals surface area contributed by atoms with Gasteiger partial charge in [-0.3, -0.25) is 4.79 Å². The lowest BCUT2D eigenvalue weighted by atomic mass is 9.99. The first kappa shape index (κ1) is 62.2. The first-order valence-corrected chi connectivity index (χ1v) is 28.7. The summed E-state index contributed by atoms with van der Waals surface area (Å²) in [5.41, 5.74) is 0. The molecule has 388 valence electrons. The quantitative estimate of drug-likeness (QED) is 0.0330. The molecule has 7 atom stereocenters. The maximum atomic E-state index is 13.1. The van der Waals surface area contributed by atoms with Crippen molar-refractivity contribution in [3.05, 3.63) is 0 Å². The van der Waals surface area contributed by atoms with Crippen molar-refractivity contribution in [2.24, 2.45) is 0 Å². The van der Waals surface area contributed by atoms with E-state index in [2.05, 4.69) is 19.2 Å². The van der Waals surface area contributed by atoms with E-state index in [1.165, 1.54) is 231 Å². The summed E-state index contributed by atoms with van der Waals surface area (Å²) in [6.45, 7) is 3.89. The van der Waals surface area contributed by atoms with Gasteiger partial charge >= 0.3 is 0 Å². The predicted molar refractivity (Wildman–Crippen MR) is 272 cm³/mol. The lowest BCUT2D eigenvalue weighted by Gasteiger charge is -2.40. The maximum absolute atomic E-state index is 13.1. The van der Waals surface area contributed by atoms with E-state index in [1.54, 1.807) is 0 Å². The van der Waals surface area contributed by atoms with E-state index in [1.807, 2.05) is 0 Å². The van der Waals surface area contributed by atoms with Crippen LogP contribution in [0, 0.1) is 0 Å². The number of unbranched alkanes of at least 4 members (excludes halogenated alkanes) is 40. The molecule has 65 heavy (non-hydrogen) atoms. The number of carbonyl (C=O) groups is 1. The lowest BCUT2D eigenvalue weighted by molar-refractivity contribution is -0.302. The van der Waals surface area contributed by atoms with E-state index in [9.17, 15) is 30.3 Å². The summed E-state index contributed by atoms with van der Waals surface area (Å²) in [6.07, 6.45) is 48.4. The van der Waals surface area contributed by atoms with Gasteiger partial charge in [0.15, 0.2) is 6.29 Å². The zero-order valence-electron chi connectivity index (χ0n) is 43.0. The van der Waals surface area contributed by atoms with Gasteiger partial charge in [0, 0.05) is 6.42 Å². The van der Waals surface area contributed by atoms with Crippen molar-refractivity contribution in [1.29, 1.82) is 0 Å². The van der Waals surface area contributed by atoms with Gasteiger partial charge in [0.25, 0.3) is 0 Å². The average Bonchev–Trinajstić information content (AvgIpc) is 3.31. The molecule has 9 nitrogen and oxygen atoms in total. The lowest BCUT2D eigenvalue weighted by Crippen LogP contribution is -2.60. The van der Waals surface area contributed by atoms with Crippen molar-refractivity contribution in [2.45, 2.75) is 339 Å². The molecule has 0 radical (unpaired) electrons. The van der Waals surface area contributed by atoms with E-state index in [4.69, 9.17) is 9.47 Å². The van der Waals surface area contributed by atoms with Crippen LogP contribution in [0.25, 0.3) is 0 Å². The number of nitrogens with one attached hydrogen (secondary N) is 1. The molecule has 1 rings (SSSR count). The molecule has 0 aliphatic carbocycles. The number of aliphatic hydroxyl groups excluding tert-OH is 5. The predicted octanol–water partition coefficient (Wildman–Crippen LogP) is 13.9. The van der Waals surface area contributed by atoms with Gasteiger partial charge in [0.1, 0.15) is 24.4 Å². The Labute approximate surface area is 402 Å². The second-order valence-corrected chi connectivity index (χ2v) is 20.5. The monoisotopic (exact) mass is 926 g/mol. The Morgan fingerprint density at radius 3 is 1.09 bits per heavy atom. The zero-order valence-corrected chi connectivity index (χ0v) is 43.0. The fourth-order valence-electron chi connectivity index (χ4n) is 9.64. The molecule has 7 unspecified atom stereocenters. The minimum Gasteiger partial charge on any atom is -0.394 e. The highest BCUT2D eigenvalue weighted by Gasteiger charge is 2.44. The van der Waals surface area contributed by atoms with Gasteiger partial charge < -0.3 is 40.3 Å². The van der Waals surface area contributed by atoms with Crippen LogP contribution in [0.5, 0.6) is 0 Å². The van der Waals surface area contributed by atoms with Crippen molar-refractivity contribution < 1.29 is 39.8 Å². The van der Waals surface area contributed by atoms with Crippen molar-refractivity contribution in [3.8, 4) is 0 Å². The third-order valence-corrected chi connectivity index (χ3v) is 14.2. The van der Waals surface area contributed by atoms with E-state index in [0.717, 1.165) is 38.5 Å². The largest absolute Gasteiger partial charge is 0.394 e. The van der Waals surface area contributed by atoms with Gasteiger partial charge in [-0.25, -0.2) is 0 Å². The minimum atomic E-state index is -1.55. The molecular weight excluding hydrogens is 815 g/mol. The normalized spacial score (nSPS) is 19.8. The molecule has 1 heterocycles. The molecule has 0 bridgehead atoms. The second kappa shape index (κ2) is 46.9. The van der Waals surface area contributed by atoms with Crippen molar-refractivity contribution in [2.75, 3.05) is 13.2 Å². The molecule has 0 saturated carbocycles. The molecule has 9 heteroatoms. The SMILES string of the molecule is CCCCCCCCCCCCCCCCCCCCCCCCCCC(O)C(COC1OC(CO)C(O)C(O)C1O)NC(=O)CCCCCCCCCCCCCCCCCCCC. The van der Waals surface area contributed by atoms with Crippen LogP contribution in [-0.2, 0) is 14.3 Å². The van der Waals surface area contributed by atoms with Crippen LogP contribution in [0.2, 0.25) is 0 Å². The fraction of sp³-hybridized carbons (Fsp3) is 0.982. The van der Waals surface area contributed by atoms with E-state index in [0.29, 0.717) is 12.8 Å². The molecule has 0 spiro atoms. The third-order valence-electron chi connectivity index (χ3n) is 14.2. The highest BCUT2D eigenvalue weighted by molar-refractivity contribution is 5.76. The Bertz CT molecular complexity index is 986. The number of hydrogen-bond acceptors (Lipinski definition) is 8. The fourth-order valence-corrected chi connectivity index (χ4v) is 9.64. The molecule has 0 aromatic heterocycles. The van der Waals surface area contributed by atoms with Crippen LogP contribution in [0.15, 0.2) is 0 Å². The highest BCUT2D eigenvalue weighted by atomic mass is 16.7. The Balaban J connectivity index is 2.19. The molecule has 1 amide bonds. The maximum Gasteiger partial charge on any atom is 0.220 e. The summed E-state index contributed by atoms with van der Waals surface area (Å²) >= 11 is 0. The van der Waals surface area contributed by atoms with Gasteiger partial charge in [-0.05, 0) is 12.8 Å². The van der Waals surface area contributed by atoms with Crippen molar-refractivity contribution >= 4 is 5.91 Å². The topological polar surface area (TPSA) is 149 Å². The summed E-state index contributed by atoms with van der Waals surface area (Å²) in [5, 5.41) is 54.7. The number of aliphatic hydroxyl groups is 5. The van der Waals surface area contributed by atoms with E-state index < -0.39 is 49.5 Å². The van der Waals surface area contributed by atoms with E-state index >= 15 is 0 Å².